The number of nitrogens with one attached hydrogen (secondary N) is 2. The Kier molecular flexibility index (Phi) is 1.78. The van der Waals surface area contributed by atoms with Crippen molar-refractivity contribution < 1.29 is 4.74 Å². The minimum atomic E-state index is 0.742. The fourth-order valence-corrected chi connectivity index (χ4v) is 1.37. The first-order chi connectivity index (χ1) is 5.92. The van der Waals surface area contributed by atoms with Crippen LogP contribution in [0.5, 0.6) is 5.75 Å². The summed E-state index contributed by atoms with van der Waals surface area (Å²) in [5.74, 6) is 0.936. The van der Waals surface area contributed by atoms with Gasteiger partial charge in [-0.1, -0.05) is 6.07 Å². The lowest BCUT2D eigenvalue weighted by Gasteiger charge is -2.21. The number of ether oxygens (including phenoxy) is 1. The number of fused-ring (bicyclic) bond motifs is 1. The van der Waals surface area contributed by atoms with Crippen molar-refractivity contribution in [2.75, 3.05) is 30.8 Å². The van der Waals surface area contributed by atoms with Crippen LogP contribution in [0.25, 0.3) is 0 Å². The summed E-state index contributed by atoms with van der Waals surface area (Å²) in [5, 5.41) is 6.36. The van der Waals surface area contributed by atoms with Crippen molar-refractivity contribution >= 4 is 11.4 Å². The zero-order valence-corrected chi connectivity index (χ0v) is 7.05. The van der Waals surface area contributed by atoms with Crippen molar-refractivity contribution in [1.29, 1.82) is 0 Å². The molecule has 0 radical (unpaired) electrons. The molecule has 0 amide bonds. The van der Waals surface area contributed by atoms with Crippen molar-refractivity contribution in [1.82, 2.24) is 0 Å². The molecule has 1 aliphatic rings. The van der Waals surface area contributed by atoms with E-state index in [1.165, 1.54) is 0 Å². The molecular weight excluding hydrogens is 152 g/mol. The van der Waals surface area contributed by atoms with Crippen LogP contribution in [-0.2, 0) is 0 Å². The van der Waals surface area contributed by atoms with Gasteiger partial charge < -0.3 is 15.4 Å². The molecule has 1 aromatic rings. The van der Waals surface area contributed by atoms with Crippen LogP contribution < -0.4 is 15.4 Å². The maximum atomic E-state index is 5.52. The fraction of sp³-hybridized carbons (Fsp3) is 0.333. The minimum absolute atomic E-state index is 0.742. The van der Waals surface area contributed by atoms with Gasteiger partial charge >= 0.3 is 0 Å². The van der Waals surface area contributed by atoms with Gasteiger partial charge in [0.2, 0.25) is 0 Å². The van der Waals surface area contributed by atoms with Crippen LogP contribution in [-0.4, -0.2) is 20.2 Å². The lowest BCUT2D eigenvalue weighted by atomic mass is 10.2. The van der Waals surface area contributed by atoms with Crippen molar-refractivity contribution in [3.8, 4) is 5.75 Å². The molecular formula is C9H12N2O. The van der Waals surface area contributed by atoms with E-state index in [1.54, 1.807) is 0 Å². The number of hydrogen-bond donors (Lipinski definition) is 2. The van der Waals surface area contributed by atoms with Crippen LogP contribution in [0.1, 0.15) is 0 Å². The normalized spacial score (nSPS) is 14.1. The summed E-state index contributed by atoms with van der Waals surface area (Å²) in [6.45, 7) is 1.63. The number of anilines is 2. The van der Waals surface area contributed by atoms with E-state index < -0.39 is 0 Å². The van der Waals surface area contributed by atoms with E-state index in [0.717, 1.165) is 30.3 Å². The standard InChI is InChI=1S/C9H12N2O/c1-10-7-3-2-4-8-9(7)12-6-5-11-8/h2-4,10-11H,5-6H2,1H3. The molecule has 1 heterocycles. The Hall–Kier alpha value is -1.38. The molecule has 2 N–H and O–H groups in total. The van der Waals surface area contributed by atoms with E-state index in [1.807, 2.05) is 25.2 Å². The first kappa shape index (κ1) is 7.28. The molecule has 0 saturated heterocycles. The van der Waals surface area contributed by atoms with Crippen LogP contribution in [0.3, 0.4) is 0 Å². The van der Waals surface area contributed by atoms with Crippen LogP contribution in [0.15, 0.2) is 18.2 Å². The highest BCUT2D eigenvalue weighted by atomic mass is 16.5. The molecule has 0 aromatic heterocycles. The maximum Gasteiger partial charge on any atom is 0.165 e. The summed E-state index contributed by atoms with van der Waals surface area (Å²) < 4.78 is 5.52. The smallest absolute Gasteiger partial charge is 0.165 e. The Bertz CT molecular complexity index is 272. The highest BCUT2D eigenvalue weighted by Crippen LogP contribution is 2.34. The van der Waals surface area contributed by atoms with E-state index in [9.17, 15) is 0 Å². The zero-order chi connectivity index (χ0) is 8.39. The van der Waals surface area contributed by atoms with E-state index >= 15 is 0 Å². The van der Waals surface area contributed by atoms with Gasteiger partial charge in [0.1, 0.15) is 6.61 Å². The van der Waals surface area contributed by atoms with E-state index in [0.29, 0.717) is 0 Å². The highest BCUT2D eigenvalue weighted by molar-refractivity contribution is 5.71. The summed E-state index contributed by atoms with van der Waals surface area (Å²) in [6.07, 6.45) is 0. The van der Waals surface area contributed by atoms with Gasteiger partial charge in [-0.15, -0.1) is 0 Å². The predicted octanol–water partition coefficient (Wildman–Crippen LogP) is 1.53. The third kappa shape index (κ3) is 1.07. The SMILES string of the molecule is CNc1cccc2c1OCCN2. The number of hydrogen-bond acceptors (Lipinski definition) is 3. The summed E-state index contributed by atoms with van der Waals surface area (Å²) in [6, 6.07) is 6.04. The second kappa shape index (κ2) is 2.93. The zero-order valence-electron chi connectivity index (χ0n) is 7.05. The quantitative estimate of drug-likeness (QED) is 0.660. The number of benzene rings is 1. The molecule has 0 saturated carbocycles. The minimum Gasteiger partial charge on any atom is -0.487 e. The molecule has 1 aliphatic heterocycles. The lowest BCUT2D eigenvalue weighted by Crippen LogP contribution is -2.18. The van der Waals surface area contributed by atoms with E-state index in [2.05, 4.69) is 10.6 Å². The maximum absolute atomic E-state index is 5.52. The van der Waals surface area contributed by atoms with Gasteiger partial charge in [-0.3, -0.25) is 0 Å². The molecule has 2 rings (SSSR count). The Morgan fingerprint density at radius 1 is 1.50 bits per heavy atom. The molecule has 0 atom stereocenters. The van der Waals surface area contributed by atoms with Gasteiger partial charge in [-0.05, 0) is 12.1 Å². The van der Waals surface area contributed by atoms with Gasteiger partial charge in [0, 0.05) is 13.6 Å². The van der Waals surface area contributed by atoms with Crippen molar-refractivity contribution in [2.45, 2.75) is 0 Å². The second-order valence-corrected chi connectivity index (χ2v) is 2.71. The second-order valence-electron chi connectivity index (χ2n) is 2.71. The largest absolute Gasteiger partial charge is 0.487 e. The number of rotatable bonds is 1. The van der Waals surface area contributed by atoms with Crippen LogP contribution >= 0.6 is 0 Å². The number of para-hydroxylation sites is 1. The Labute approximate surface area is 71.7 Å². The molecule has 0 bridgehead atoms. The molecule has 0 aliphatic carbocycles. The topological polar surface area (TPSA) is 33.3 Å². The predicted molar refractivity (Wildman–Crippen MR) is 50.0 cm³/mol. The monoisotopic (exact) mass is 164 g/mol. The van der Waals surface area contributed by atoms with Gasteiger partial charge in [0.15, 0.2) is 5.75 Å². The fourth-order valence-electron chi connectivity index (χ4n) is 1.37. The van der Waals surface area contributed by atoms with Gasteiger partial charge in [-0.25, -0.2) is 0 Å². The highest BCUT2D eigenvalue weighted by Gasteiger charge is 2.11. The summed E-state index contributed by atoms with van der Waals surface area (Å²) in [5.41, 5.74) is 2.12. The summed E-state index contributed by atoms with van der Waals surface area (Å²) in [7, 11) is 1.90. The van der Waals surface area contributed by atoms with Crippen molar-refractivity contribution in [3.05, 3.63) is 18.2 Å². The van der Waals surface area contributed by atoms with Crippen LogP contribution in [0.4, 0.5) is 11.4 Å². The van der Waals surface area contributed by atoms with Gasteiger partial charge in [0.25, 0.3) is 0 Å². The molecule has 3 heteroatoms. The molecule has 12 heavy (non-hydrogen) atoms. The Morgan fingerprint density at radius 2 is 2.42 bits per heavy atom. The average molecular weight is 164 g/mol. The van der Waals surface area contributed by atoms with Crippen LogP contribution in [0.2, 0.25) is 0 Å². The summed E-state index contributed by atoms with van der Waals surface area (Å²) in [4.78, 5) is 0. The summed E-state index contributed by atoms with van der Waals surface area (Å²) >= 11 is 0. The molecule has 64 valence electrons. The first-order valence-corrected chi connectivity index (χ1v) is 4.09. The third-order valence-corrected chi connectivity index (χ3v) is 1.95. The van der Waals surface area contributed by atoms with Crippen molar-refractivity contribution in [3.63, 3.8) is 0 Å². The molecule has 0 fully saturated rings. The van der Waals surface area contributed by atoms with E-state index in [4.69, 9.17) is 4.74 Å². The van der Waals surface area contributed by atoms with Crippen LogP contribution in [0, 0.1) is 0 Å². The molecule has 1 aromatic carbocycles. The van der Waals surface area contributed by atoms with Gasteiger partial charge in [-0.2, -0.15) is 0 Å². The van der Waals surface area contributed by atoms with Gasteiger partial charge in [0.05, 0.1) is 11.4 Å². The average Bonchev–Trinajstić information content (AvgIpc) is 2.17. The molecule has 3 nitrogen and oxygen atoms in total. The van der Waals surface area contributed by atoms with E-state index in [-0.39, 0.29) is 0 Å². The third-order valence-electron chi connectivity index (χ3n) is 1.95. The lowest BCUT2D eigenvalue weighted by molar-refractivity contribution is 0.325. The van der Waals surface area contributed by atoms with Crippen molar-refractivity contribution in [2.24, 2.45) is 0 Å². The molecule has 0 unspecified atom stereocenters. The Morgan fingerprint density at radius 3 is 3.25 bits per heavy atom. The molecule has 0 spiro atoms. The Balaban J connectivity index is 2.44. The first-order valence-electron chi connectivity index (χ1n) is 4.09.